The highest BCUT2D eigenvalue weighted by Gasteiger charge is 2.06. The van der Waals surface area contributed by atoms with Gasteiger partial charge in [-0.1, -0.05) is 6.07 Å². The number of hydrogen-bond donors (Lipinski definition) is 1. The van der Waals surface area contributed by atoms with Crippen LogP contribution in [0.15, 0.2) is 18.2 Å². The van der Waals surface area contributed by atoms with E-state index in [9.17, 15) is 4.79 Å². The molecule has 2 nitrogen and oxygen atoms in total. The molecule has 0 saturated heterocycles. The first-order valence-corrected chi connectivity index (χ1v) is 4.78. The standard InChI is InChI=1S/C10H9NOS/c1-6-4-7-2-3-9(11)8(5-12)10(7)13-6/h2-5H,11H2,1H3. The Bertz CT molecular complexity index is 473. The van der Waals surface area contributed by atoms with Crippen molar-refractivity contribution >= 4 is 33.4 Å². The van der Waals surface area contributed by atoms with Gasteiger partial charge in [0.1, 0.15) is 0 Å². The predicted octanol–water partition coefficient (Wildman–Crippen LogP) is 2.60. The molecule has 0 amide bonds. The van der Waals surface area contributed by atoms with Crippen LogP contribution in [0.3, 0.4) is 0 Å². The minimum atomic E-state index is 0.560. The van der Waals surface area contributed by atoms with E-state index in [0.29, 0.717) is 11.3 Å². The van der Waals surface area contributed by atoms with Crippen LogP contribution in [0, 0.1) is 6.92 Å². The number of thiophene rings is 1. The minimum Gasteiger partial charge on any atom is -0.398 e. The quantitative estimate of drug-likeness (QED) is 0.556. The number of fused-ring (bicyclic) bond motifs is 1. The number of aldehydes is 1. The van der Waals surface area contributed by atoms with Crippen LogP contribution in [0.4, 0.5) is 5.69 Å². The van der Waals surface area contributed by atoms with Crippen LogP contribution in [0.5, 0.6) is 0 Å². The maximum absolute atomic E-state index is 10.8. The van der Waals surface area contributed by atoms with Crippen molar-refractivity contribution in [1.82, 2.24) is 0 Å². The molecule has 0 unspecified atom stereocenters. The number of carbonyl (C=O) groups is 1. The minimum absolute atomic E-state index is 0.560. The van der Waals surface area contributed by atoms with Gasteiger partial charge in [-0.25, -0.2) is 0 Å². The van der Waals surface area contributed by atoms with Crippen molar-refractivity contribution in [3.63, 3.8) is 0 Å². The molecule has 0 radical (unpaired) electrons. The number of hydrogen-bond acceptors (Lipinski definition) is 3. The van der Waals surface area contributed by atoms with Crippen LogP contribution in [0.25, 0.3) is 10.1 Å². The molecule has 0 aliphatic rings. The van der Waals surface area contributed by atoms with E-state index in [2.05, 4.69) is 6.07 Å². The van der Waals surface area contributed by atoms with Crippen molar-refractivity contribution in [3.05, 3.63) is 28.6 Å². The van der Waals surface area contributed by atoms with Crippen LogP contribution in [-0.4, -0.2) is 6.29 Å². The van der Waals surface area contributed by atoms with Crippen LogP contribution in [0.2, 0.25) is 0 Å². The lowest BCUT2D eigenvalue weighted by Crippen LogP contribution is -1.91. The molecule has 0 saturated carbocycles. The number of nitrogens with two attached hydrogens (primary N) is 1. The van der Waals surface area contributed by atoms with E-state index in [0.717, 1.165) is 16.4 Å². The van der Waals surface area contributed by atoms with Gasteiger partial charge in [0.2, 0.25) is 0 Å². The molecule has 1 aromatic heterocycles. The van der Waals surface area contributed by atoms with Crippen molar-refractivity contribution in [2.24, 2.45) is 0 Å². The van der Waals surface area contributed by atoms with E-state index in [4.69, 9.17) is 5.73 Å². The highest BCUT2D eigenvalue weighted by atomic mass is 32.1. The summed E-state index contributed by atoms with van der Waals surface area (Å²) in [4.78, 5) is 12.0. The molecule has 2 N–H and O–H groups in total. The Kier molecular flexibility index (Phi) is 1.81. The fraction of sp³-hybridized carbons (Fsp3) is 0.100. The number of aryl methyl sites for hydroxylation is 1. The highest BCUT2D eigenvalue weighted by Crippen LogP contribution is 2.30. The molecule has 0 aliphatic heterocycles. The number of carbonyl (C=O) groups excluding carboxylic acids is 1. The Balaban J connectivity index is 2.90. The maximum Gasteiger partial charge on any atom is 0.153 e. The van der Waals surface area contributed by atoms with E-state index in [1.807, 2.05) is 13.0 Å². The molecule has 0 atom stereocenters. The molecule has 2 aromatic rings. The third-order valence-corrected chi connectivity index (χ3v) is 3.10. The lowest BCUT2D eigenvalue weighted by Gasteiger charge is -1.98. The van der Waals surface area contributed by atoms with E-state index < -0.39 is 0 Å². The predicted molar refractivity (Wildman–Crippen MR) is 56.4 cm³/mol. The third kappa shape index (κ3) is 1.21. The molecular weight excluding hydrogens is 182 g/mol. The average molecular weight is 191 g/mol. The van der Waals surface area contributed by atoms with E-state index in [1.165, 1.54) is 4.88 Å². The zero-order valence-corrected chi connectivity index (χ0v) is 8.02. The van der Waals surface area contributed by atoms with Gasteiger partial charge >= 0.3 is 0 Å². The normalized spacial score (nSPS) is 10.5. The van der Waals surface area contributed by atoms with Gasteiger partial charge in [-0.15, -0.1) is 11.3 Å². The van der Waals surface area contributed by atoms with Crippen LogP contribution >= 0.6 is 11.3 Å². The lowest BCUT2D eigenvalue weighted by molar-refractivity contribution is 0.112. The fourth-order valence-electron chi connectivity index (χ4n) is 1.39. The largest absolute Gasteiger partial charge is 0.398 e. The van der Waals surface area contributed by atoms with E-state index in [1.54, 1.807) is 17.4 Å². The smallest absolute Gasteiger partial charge is 0.153 e. The summed E-state index contributed by atoms with van der Waals surface area (Å²) in [5, 5.41) is 1.10. The first-order valence-electron chi connectivity index (χ1n) is 3.96. The van der Waals surface area contributed by atoms with Gasteiger partial charge in [-0.05, 0) is 24.4 Å². The second-order valence-corrected chi connectivity index (χ2v) is 4.22. The van der Waals surface area contributed by atoms with E-state index >= 15 is 0 Å². The van der Waals surface area contributed by atoms with Crippen molar-refractivity contribution < 1.29 is 4.79 Å². The lowest BCUT2D eigenvalue weighted by atomic mass is 10.1. The van der Waals surface area contributed by atoms with Crippen molar-refractivity contribution in [2.75, 3.05) is 5.73 Å². The molecule has 0 spiro atoms. The van der Waals surface area contributed by atoms with Gasteiger partial charge < -0.3 is 5.73 Å². The summed E-state index contributed by atoms with van der Waals surface area (Å²) in [6.45, 7) is 2.02. The number of benzene rings is 1. The second-order valence-electron chi connectivity index (χ2n) is 2.96. The SMILES string of the molecule is Cc1cc2ccc(N)c(C=O)c2s1. The summed E-state index contributed by atoms with van der Waals surface area (Å²) in [5.41, 5.74) is 6.86. The number of rotatable bonds is 1. The maximum atomic E-state index is 10.8. The van der Waals surface area contributed by atoms with Crippen LogP contribution in [-0.2, 0) is 0 Å². The third-order valence-electron chi connectivity index (χ3n) is 2.00. The summed E-state index contributed by atoms with van der Waals surface area (Å²) >= 11 is 1.61. The number of nitrogen functional groups attached to an aromatic ring is 1. The summed E-state index contributed by atoms with van der Waals surface area (Å²) in [6, 6.07) is 5.78. The van der Waals surface area contributed by atoms with Gasteiger partial charge in [-0.3, -0.25) is 4.79 Å². The Morgan fingerprint density at radius 1 is 1.46 bits per heavy atom. The molecule has 2 rings (SSSR count). The summed E-state index contributed by atoms with van der Waals surface area (Å²) in [6.07, 6.45) is 0.827. The Labute approximate surface area is 80.0 Å². The molecular formula is C10H9NOS. The molecule has 0 aliphatic carbocycles. The molecule has 13 heavy (non-hydrogen) atoms. The molecule has 3 heteroatoms. The van der Waals surface area contributed by atoms with Gasteiger partial charge in [0.25, 0.3) is 0 Å². The van der Waals surface area contributed by atoms with E-state index in [-0.39, 0.29) is 0 Å². The molecule has 1 heterocycles. The Morgan fingerprint density at radius 2 is 2.23 bits per heavy atom. The van der Waals surface area contributed by atoms with Gasteiger partial charge in [0.05, 0.1) is 5.56 Å². The zero-order valence-electron chi connectivity index (χ0n) is 7.20. The topological polar surface area (TPSA) is 43.1 Å². The monoisotopic (exact) mass is 191 g/mol. The van der Waals surface area contributed by atoms with Crippen LogP contribution in [0.1, 0.15) is 15.2 Å². The van der Waals surface area contributed by atoms with Crippen molar-refractivity contribution in [3.8, 4) is 0 Å². The van der Waals surface area contributed by atoms with Gasteiger partial charge in [-0.2, -0.15) is 0 Å². The Hall–Kier alpha value is -1.35. The first-order chi connectivity index (χ1) is 6.22. The fourth-order valence-corrected chi connectivity index (χ4v) is 2.42. The van der Waals surface area contributed by atoms with Gasteiger partial charge in [0.15, 0.2) is 6.29 Å². The molecule has 0 fully saturated rings. The van der Waals surface area contributed by atoms with Crippen molar-refractivity contribution in [1.29, 1.82) is 0 Å². The first kappa shape index (κ1) is 8.26. The number of anilines is 1. The molecule has 0 bridgehead atoms. The van der Waals surface area contributed by atoms with Crippen LogP contribution < -0.4 is 5.73 Å². The molecule has 1 aromatic carbocycles. The second kappa shape index (κ2) is 2.85. The highest BCUT2D eigenvalue weighted by molar-refractivity contribution is 7.19. The summed E-state index contributed by atoms with van der Waals surface area (Å²) in [7, 11) is 0. The van der Waals surface area contributed by atoms with Crippen molar-refractivity contribution in [2.45, 2.75) is 6.92 Å². The molecule has 66 valence electrons. The Morgan fingerprint density at radius 3 is 2.92 bits per heavy atom. The zero-order chi connectivity index (χ0) is 9.42. The van der Waals surface area contributed by atoms with Gasteiger partial charge in [0, 0.05) is 15.3 Å². The average Bonchev–Trinajstić information content (AvgIpc) is 2.45. The summed E-state index contributed by atoms with van der Waals surface area (Å²) < 4.78 is 0.993. The summed E-state index contributed by atoms with van der Waals surface area (Å²) in [5.74, 6) is 0.